The quantitative estimate of drug-likeness (QED) is 0.519. The highest BCUT2D eigenvalue weighted by Crippen LogP contribution is 2.37. The first-order valence-electron chi connectivity index (χ1n) is 8.45. The van der Waals surface area contributed by atoms with E-state index in [0.717, 1.165) is 29.7 Å². The van der Waals surface area contributed by atoms with Gasteiger partial charge < -0.3 is 9.53 Å². The topological polar surface area (TPSA) is 71.9 Å². The first-order valence-corrected chi connectivity index (χ1v) is 13.2. The van der Waals surface area contributed by atoms with Gasteiger partial charge >= 0.3 is 5.97 Å². The van der Waals surface area contributed by atoms with Gasteiger partial charge in [-0.15, -0.1) is 11.3 Å². The second kappa shape index (κ2) is 8.49. The van der Waals surface area contributed by atoms with Gasteiger partial charge in [-0.2, -0.15) is 5.06 Å². The number of nitrogens with zero attached hydrogens (tertiary/aromatic N) is 2. The fourth-order valence-electron chi connectivity index (χ4n) is 2.13. The maximum absolute atomic E-state index is 10.9. The second-order valence-corrected chi connectivity index (χ2v) is 14.6. The SMILES string of the molecule is CC(C)(C)[Si](C)(C)OC[C@H]1CCON1CCSc1nc(C(=O)O)cs1. The Labute approximate surface area is 159 Å². The average molecular weight is 405 g/mol. The van der Waals surface area contributed by atoms with Crippen molar-refractivity contribution >= 4 is 37.4 Å². The van der Waals surface area contributed by atoms with Crippen LogP contribution in [0.2, 0.25) is 18.1 Å². The Morgan fingerprint density at radius 2 is 2.28 bits per heavy atom. The molecule has 142 valence electrons. The molecule has 1 fully saturated rings. The molecule has 9 heteroatoms. The zero-order valence-corrected chi connectivity index (χ0v) is 18.2. The number of carbonyl (C=O) groups is 1. The number of thioether (sulfide) groups is 1. The minimum absolute atomic E-state index is 0.116. The normalized spacial score (nSPS) is 19.5. The first-order chi connectivity index (χ1) is 11.6. The third-order valence-electron chi connectivity index (χ3n) is 4.80. The molecular formula is C16H28N2O4S2Si. The van der Waals surface area contributed by atoms with Crippen molar-refractivity contribution in [1.29, 1.82) is 0 Å². The molecule has 1 aliphatic heterocycles. The molecule has 0 aromatic carbocycles. The maximum Gasteiger partial charge on any atom is 0.355 e. The van der Waals surface area contributed by atoms with Crippen molar-refractivity contribution in [2.24, 2.45) is 0 Å². The van der Waals surface area contributed by atoms with Crippen molar-refractivity contribution in [2.75, 3.05) is 25.5 Å². The van der Waals surface area contributed by atoms with Gasteiger partial charge in [0, 0.05) is 17.7 Å². The minimum Gasteiger partial charge on any atom is -0.476 e. The van der Waals surface area contributed by atoms with Crippen LogP contribution in [0, 0.1) is 0 Å². The molecule has 0 radical (unpaired) electrons. The van der Waals surface area contributed by atoms with Crippen LogP contribution in [0.15, 0.2) is 9.72 Å². The van der Waals surface area contributed by atoms with Gasteiger partial charge in [-0.25, -0.2) is 9.78 Å². The van der Waals surface area contributed by atoms with Gasteiger partial charge in [0.05, 0.1) is 19.3 Å². The summed E-state index contributed by atoms with van der Waals surface area (Å²) in [5.41, 5.74) is 0.116. The summed E-state index contributed by atoms with van der Waals surface area (Å²) in [6.45, 7) is 13.5. The Bertz CT molecular complexity index is 589. The van der Waals surface area contributed by atoms with E-state index in [4.69, 9.17) is 14.4 Å². The van der Waals surface area contributed by atoms with E-state index >= 15 is 0 Å². The van der Waals surface area contributed by atoms with Gasteiger partial charge in [-0.1, -0.05) is 32.5 Å². The molecule has 2 rings (SSSR count). The number of hydroxylamine groups is 2. The minimum atomic E-state index is -1.75. The van der Waals surface area contributed by atoms with E-state index < -0.39 is 14.3 Å². The second-order valence-electron chi connectivity index (χ2n) is 7.64. The fourth-order valence-corrected chi connectivity index (χ4v) is 4.97. The summed E-state index contributed by atoms with van der Waals surface area (Å²) in [7, 11) is -1.75. The van der Waals surface area contributed by atoms with E-state index in [1.54, 1.807) is 17.1 Å². The molecule has 0 aliphatic carbocycles. The third-order valence-corrected chi connectivity index (χ3v) is 11.3. The maximum atomic E-state index is 10.9. The van der Waals surface area contributed by atoms with E-state index in [1.165, 1.54) is 11.3 Å². The first kappa shape index (κ1) is 20.9. The molecule has 1 aromatic rings. The van der Waals surface area contributed by atoms with E-state index in [0.29, 0.717) is 12.6 Å². The van der Waals surface area contributed by atoms with Gasteiger partial charge in [0.2, 0.25) is 0 Å². The number of aromatic nitrogens is 1. The van der Waals surface area contributed by atoms with Crippen LogP contribution in [-0.2, 0) is 9.26 Å². The van der Waals surface area contributed by atoms with Crippen LogP contribution in [0.3, 0.4) is 0 Å². The molecule has 1 atom stereocenters. The molecule has 0 amide bonds. The molecule has 0 saturated carbocycles. The Morgan fingerprint density at radius 1 is 1.56 bits per heavy atom. The van der Waals surface area contributed by atoms with E-state index in [9.17, 15) is 4.79 Å². The lowest BCUT2D eigenvalue weighted by Gasteiger charge is -2.37. The zero-order chi connectivity index (χ0) is 18.7. The largest absolute Gasteiger partial charge is 0.476 e. The Morgan fingerprint density at radius 3 is 2.88 bits per heavy atom. The van der Waals surface area contributed by atoms with E-state index in [2.05, 4.69) is 38.8 Å². The number of rotatable bonds is 8. The number of carboxylic acid groups (broad SMARTS) is 1. The van der Waals surface area contributed by atoms with Gasteiger partial charge in [0.1, 0.15) is 0 Å². The van der Waals surface area contributed by atoms with Crippen LogP contribution in [0.25, 0.3) is 0 Å². The van der Waals surface area contributed by atoms with Crippen molar-refractivity contribution in [1.82, 2.24) is 10.0 Å². The van der Waals surface area contributed by atoms with Crippen LogP contribution < -0.4 is 0 Å². The smallest absolute Gasteiger partial charge is 0.355 e. The summed E-state index contributed by atoms with van der Waals surface area (Å²) in [6, 6.07) is 0.292. The standard InChI is InChI=1S/C16H28N2O4S2Si/c1-16(2,3)25(4,5)22-10-12-6-8-21-18(12)7-9-23-15-17-13(11-24-15)14(19)20/h11-12H,6-10H2,1-5H3,(H,19,20)/t12-/m1/s1. The molecule has 1 aliphatic rings. The van der Waals surface area contributed by atoms with E-state index in [-0.39, 0.29) is 10.7 Å². The summed E-state index contributed by atoms with van der Waals surface area (Å²) in [4.78, 5) is 20.7. The monoisotopic (exact) mass is 404 g/mol. The predicted molar refractivity (Wildman–Crippen MR) is 104 cm³/mol. The van der Waals surface area contributed by atoms with Gasteiger partial charge in [0.25, 0.3) is 0 Å². The van der Waals surface area contributed by atoms with Crippen LogP contribution in [0.5, 0.6) is 0 Å². The highest BCUT2D eigenvalue weighted by Gasteiger charge is 2.38. The average Bonchev–Trinajstić information content (AvgIpc) is 3.13. The molecule has 1 aromatic heterocycles. The molecular weight excluding hydrogens is 376 g/mol. The summed E-state index contributed by atoms with van der Waals surface area (Å²) in [5, 5.41) is 12.7. The van der Waals surface area contributed by atoms with Gasteiger partial charge in [-0.3, -0.25) is 4.84 Å². The van der Waals surface area contributed by atoms with Crippen molar-refractivity contribution in [3.63, 3.8) is 0 Å². The molecule has 0 spiro atoms. The Balaban J connectivity index is 1.78. The number of hydrogen-bond donors (Lipinski definition) is 1. The van der Waals surface area contributed by atoms with Crippen molar-refractivity contribution in [3.05, 3.63) is 11.1 Å². The summed E-state index contributed by atoms with van der Waals surface area (Å²) in [6.07, 6.45) is 0.986. The summed E-state index contributed by atoms with van der Waals surface area (Å²) < 4.78 is 7.12. The number of hydrogen-bond acceptors (Lipinski definition) is 7. The zero-order valence-electron chi connectivity index (χ0n) is 15.6. The lowest BCUT2D eigenvalue weighted by atomic mass is 10.2. The molecule has 2 heterocycles. The Kier molecular flexibility index (Phi) is 7.08. The highest BCUT2D eigenvalue weighted by atomic mass is 32.2. The van der Waals surface area contributed by atoms with Gasteiger partial charge in [-0.05, 0) is 24.6 Å². The summed E-state index contributed by atoms with van der Waals surface area (Å²) in [5.74, 6) is -0.169. The molecule has 0 bridgehead atoms. The molecule has 0 unspecified atom stereocenters. The predicted octanol–water partition coefficient (Wildman–Crippen LogP) is 3.96. The van der Waals surface area contributed by atoms with Crippen LogP contribution >= 0.6 is 23.1 Å². The third kappa shape index (κ3) is 5.76. The molecule has 1 N–H and O–H groups in total. The van der Waals surface area contributed by atoms with Crippen molar-refractivity contribution < 1.29 is 19.2 Å². The van der Waals surface area contributed by atoms with Crippen LogP contribution in [-0.4, -0.2) is 61.0 Å². The van der Waals surface area contributed by atoms with Gasteiger partial charge in [0.15, 0.2) is 18.4 Å². The highest BCUT2D eigenvalue weighted by molar-refractivity contribution is 8.01. The Hall–Kier alpha value is -0.453. The molecule has 25 heavy (non-hydrogen) atoms. The van der Waals surface area contributed by atoms with Crippen molar-refractivity contribution in [3.8, 4) is 0 Å². The fraction of sp³-hybridized carbons (Fsp3) is 0.750. The lowest BCUT2D eigenvalue weighted by Crippen LogP contribution is -2.44. The molecule has 1 saturated heterocycles. The number of thiazole rings is 1. The van der Waals surface area contributed by atoms with E-state index in [1.807, 2.05) is 5.06 Å². The lowest BCUT2D eigenvalue weighted by molar-refractivity contribution is -0.132. The summed E-state index contributed by atoms with van der Waals surface area (Å²) >= 11 is 2.94. The number of aromatic carboxylic acids is 1. The molecule has 6 nitrogen and oxygen atoms in total. The van der Waals surface area contributed by atoms with Crippen LogP contribution in [0.4, 0.5) is 0 Å². The van der Waals surface area contributed by atoms with Crippen LogP contribution in [0.1, 0.15) is 37.7 Å². The van der Waals surface area contributed by atoms with Crippen molar-refractivity contribution in [2.45, 2.75) is 55.7 Å². The number of carboxylic acids is 1.